The molecule has 3 aromatic rings. The van der Waals surface area contributed by atoms with Gasteiger partial charge in [-0.2, -0.15) is 0 Å². The molecule has 1 aromatic heterocycles. The first kappa shape index (κ1) is 42.3. The normalized spacial score (nSPS) is 19.9. The summed E-state index contributed by atoms with van der Waals surface area (Å²) >= 11 is 0. The fraction of sp³-hybridized carbons (Fsp3) is 0.475. The Hall–Kier alpha value is -5.30. The predicted molar refractivity (Wildman–Crippen MR) is 203 cm³/mol. The van der Waals surface area contributed by atoms with Crippen LogP contribution >= 0.6 is 0 Å². The van der Waals surface area contributed by atoms with Gasteiger partial charge in [0.15, 0.2) is 0 Å². The van der Waals surface area contributed by atoms with Gasteiger partial charge in [-0.15, -0.1) is 0 Å². The van der Waals surface area contributed by atoms with Gasteiger partial charge in [0.05, 0.1) is 37.1 Å². The summed E-state index contributed by atoms with van der Waals surface area (Å²) in [6, 6.07) is 9.61. The third kappa shape index (κ3) is 10.6. The molecule has 4 unspecified atom stereocenters. The zero-order chi connectivity index (χ0) is 41.2. The number of carbonyl (C=O) groups is 4. The minimum atomic E-state index is -1.65. The fourth-order valence-electron chi connectivity index (χ4n) is 7.21. The number of halogens is 3. The molecule has 4 heterocycles. The van der Waals surface area contributed by atoms with Crippen LogP contribution in [0.15, 0.2) is 66.9 Å². The van der Waals surface area contributed by atoms with Crippen LogP contribution in [0.2, 0.25) is 0 Å². The van der Waals surface area contributed by atoms with E-state index >= 15 is 8.78 Å². The Morgan fingerprint density at radius 2 is 1.83 bits per heavy atom. The number of aromatic nitrogens is 2. The van der Waals surface area contributed by atoms with E-state index in [0.717, 1.165) is 28.7 Å². The zero-order valence-corrected chi connectivity index (χ0v) is 32.1. The molecular weight excluding hydrogens is 763 g/mol. The molecule has 15 nitrogen and oxygen atoms in total. The van der Waals surface area contributed by atoms with Gasteiger partial charge in [0.1, 0.15) is 36.3 Å². The highest BCUT2D eigenvalue weighted by atomic mass is 19.1. The molecular formula is C40H48F3N7O8. The molecule has 0 aliphatic carbocycles. The molecule has 58 heavy (non-hydrogen) atoms. The third-order valence-electron chi connectivity index (χ3n) is 10.3. The second-order valence-electron chi connectivity index (χ2n) is 14.6. The molecule has 4 N–H and O–H groups in total. The van der Waals surface area contributed by atoms with Crippen LogP contribution in [0.25, 0.3) is 11.3 Å². The average molecular weight is 812 g/mol. The van der Waals surface area contributed by atoms with Gasteiger partial charge >= 0.3 is 12.1 Å². The maximum absolute atomic E-state index is 15.3. The van der Waals surface area contributed by atoms with E-state index < -0.39 is 65.3 Å². The number of imide groups is 1. The van der Waals surface area contributed by atoms with E-state index in [1.165, 1.54) is 17.1 Å². The molecule has 3 aliphatic heterocycles. The summed E-state index contributed by atoms with van der Waals surface area (Å²) in [6.45, 7) is 2.32. The first-order valence-corrected chi connectivity index (χ1v) is 19.2. The third-order valence-corrected chi connectivity index (χ3v) is 10.3. The smallest absolute Gasteiger partial charge is 0.407 e. The lowest BCUT2D eigenvalue weighted by Gasteiger charge is -2.45. The van der Waals surface area contributed by atoms with Crippen molar-refractivity contribution in [3.05, 3.63) is 89.9 Å². The Bertz CT molecular complexity index is 1930. The Kier molecular flexibility index (Phi) is 14.2. The summed E-state index contributed by atoms with van der Waals surface area (Å²) in [5, 5.41) is 20.9. The van der Waals surface area contributed by atoms with Gasteiger partial charge in [0, 0.05) is 88.6 Å². The van der Waals surface area contributed by atoms with Crippen LogP contribution in [0, 0.1) is 17.6 Å². The molecule has 312 valence electrons. The Morgan fingerprint density at radius 3 is 2.53 bits per heavy atom. The van der Waals surface area contributed by atoms with Crippen LogP contribution in [0.4, 0.5) is 22.8 Å². The van der Waals surface area contributed by atoms with E-state index in [1.54, 1.807) is 17.7 Å². The summed E-state index contributed by atoms with van der Waals surface area (Å²) < 4.78 is 63.1. The van der Waals surface area contributed by atoms with E-state index in [-0.39, 0.29) is 102 Å². The first-order valence-electron chi connectivity index (χ1n) is 19.2. The summed E-state index contributed by atoms with van der Waals surface area (Å²) in [6.07, 6.45) is 1.98. The molecule has 2 saturated heterocycles. The summed E-state index contributed by atoms with van der Waals surface area (Å²) in [4.78, 5) is 57.5. The van der Waals surface area contributed by atoms with Crippen LogP contribution in [0.3, 0.4) is 0 Å². The number of nitrogens with zero attached hydrogens (tertiary/aromatic N) is 4. The number of aliphatic hydroxyl groups is 1. The molecule has 5 amide bonds. The minimum Gasteiger partial charge on any atom is -0.447 e. The largest absolute Gasteiger partial charge is 0.447 e. The number of benzene rings is 2. The van der Waals surface area contributed by atoms with Crippen molar-refractivity contribution in [2.24, 2.45) is 5.92 Å². The highest BCUT2D eigenvalue weighted by molar-refractivity contribution is 6.12. The van der Waals surface area contributed by atoms with E-state index in [4.69, 9.17) is 19.2 Å². The number of imidazole rings is 1. The zero-order valence-electron chi connectivity index (χ0n) is 32.1. The fourth-order valence-corrected chi connectivity index (χ4v) is 7.21. The number of nitrogens with one attached hydrogen (secondary N) is 3. The van der Waals surface area contributed by atoms with Crippen LogP contribution < -0.4 is 16.0 Å². The number of hydrogen-bond acceptors (Lipinski definition) is 10. The van der Waals surface area contributed by atoms with Gasteiger partial charge in [-0.25, -0.2) is 27.7 Å². The molecule has 0 spiro atoms. The van der Waals surface area contributed by atoms with Crippen LogP contribution in [-0.2, 0) is 30.3 Å². The quantitative estimate of drug-likeness (QED) is 0.117. The molecule has 4 atom stereocenters. The number of rotatable bonds is 17. The maximum atomic E-state index is 15.3. The van der Waals surface area contributed by atoms with Crippen molar-refractivity contribution in [2.45, 2.75) is 50.2 Å². The molecule has 0 bridgehead atoms. The van der Waals surface area contributed by atoms with Gasteiger partial charge in [0.25, 0.3) is 11.8 Å². The highest BCUT2D eigenvalue weighted by Gasteiger charge is 2.48. The molecule has 18 heteroatoms. The molecule has 0 radical (unpaired) electrons. The summed E-state index contributed by atoms with van der Waals surface area (Å²) in [5.74, 6) is -2.73. The standard InChI is InChI=1S/C40H48F3N7O8/c1-26(25-58-39(54)45-13-17-57-18-14-49-34(51)9-10-35(49)52)46-38(53)50(23-28-20-44-21-32(28)43)36(40(55)11-15-56-16-12-40)37-47-33(30-19-29(41)7-8-31(30)42)24-48(37)22-27-5-3-2-4-6-27/h2-10,19,24,26,28,32,36,44,55H,11-18,20-23,25H2,1H3,(H,45,54)(H,46,53). The predicted octanol–water partition coefficient (Wildman–Crippen LogP) is 3.08. The SMILES string of the molecule is CC(COC(=O)NCCOCCN1C(=O)C=CC1=O)NC(=O)N(CC1CNCC1F)C(c1nc(-c2cc(F)ccc2F)cn1Cc1ccccc1)C1(O)CCOCC1. The van der Waals surface area contributed by atoms with Gasteiger partial charge in [-0.05, 0) is 30.7 Å². The van der Waals surface area contributed by atoms with Crippen LogP contribution in [0.5, 0.6) is 0 Å². The number of ether oxygens (including phenoxy) is 3. The van der Waals surface area contributed by atoms with E-state index in [9.17, 15) is 28.7 Å². The number of alkyl carbamates (subject to hydrolysis) is 1. The van der Waals surface area contributed by atoms with Crippen molar-refractivity contribution in [3.8, 4) is 11.3 Å². The topological polar surface area (TPSA) is 177 Å². The number of urea groups is 1. The summed E-state index contributed by atoms with van der Waals surface area (Å²) in [5.41, 5.74) is -0.868. The van der Waals surface area contributed by atoms with Crippen molar-refractivity contribution in [3.63, 3.8) is 0 Å². The van der Waals surface area contributed by atoms with Gasteiger partial charge in [-0.1, -0.05) is 30.3 Å². The molecule has 2 fully saturated rings. The number of amides is 5. The lowest BCUT2D eigenvalue weighted by atomic mass is 9.84. The lowest BCUT2D eigenvalue weighted by molar-refractivity contribution is -0.137. The first-order chi connectivity index (χ1) is 27.9. The van der Waals surface area contributed by atoms with Crippen molar-refractivity contribution >= 4 is 23.9 Å². The Labute approximate surface area is 333 Å². The van der Waals surface area contributed by atoms with E-state index in [1.807, 2.05) is 30.3 Å². The van der Waals surface area contributed by atoms with Crippen molar-refractivity contribution in [1.82, 2.24) is 35.3 Å². The number of hydrogen-bond donors (Lipinski definition) is 4. The second kappa shape index (κ2) is 19.4. The average Bonchev–Trinajstić information content (AvgIpc) is 3.90. The molecule has 2 aromatic carbocycles. The lowest BCUT2D eigenvalue weighted by Crippen LogP contribution is -2.57. The van der Waals surface area contributed by atoms with Crippen molar-refractivity contribution < 1.29 is 51.7 Å². The van der Waals surface area contributed by atoms with E-state index in [2.05, 4.69) is 16.0 Å². The molecule has 6 rings (SSSR count). The van der Waals surface area contributed by atoms with Gasteiger partial charge in [0.2, 0.25) is 0 Å². The van der Waals surface area contributed by atoms with Crippen LogP contribution in [0.1, 0.15) is 37.2 Å². The van der Waals surface area contributed by atoms with Crippen LogP contribution in [-0.4, -0.2) is 132 Å². The molecule has 0 saturated carbocycles. The van der Waals surface area contributed by atoms with Crippen molar-refractivity contribution in [1.29, 1.82) is 0 Å². The van der Waals surface area contributed by atoms with Gasteiger partial charge in [-0.3, -0.25) is 14.5 Å². The van der Waals surface area contributed by atoms with Crippen molar-refractivity contribution in [2.75, 3.05) is 65.8 Å². The highest BCUT2D eigenvalue weighted by Crippen LogP contribution is 2.41. The number of alkyl halides is 1. The minimum absolute atomic E-state index is 0.0639. The summed E-state index contributed by atoms with van der Waals surface area (Å²) in [7, 11) is 0. The molecule has 3 aliphatic rings. The second-order valence-corrected chi connectivity index (χ2v) is 14.6. The monoisotopic (exact) mass is 811 g/mol. The van der Waals surface area contributed by atoms with E-state index in [0.29, 0.717) is 0 Å². The maximum Gasteiger partial charge on any atom is 0.407 e. The Balaban J connectivity index is 1.21. The van der Waals surface area contributed by atoms with Gasteiger partial charge < -0.3 is 44.7 Å². The number of carbonyl (C=O) groups excluding carboxylic acids is 4. The Morgan fingerprint density at radius 1 is 1.09 bits per heavy atom.